The van der Waals surface area contributed by atoms with Gasteiger partial charge < -0.3 is 19.3 Å². The van der Waals surface area contributed by atoms with Crippen molar-refractivity contribution in [3.8, 4) is 5.75 Å². The Labute approximate surface area is 182 Å². The molecule has 0 unspecified atom stereocenters. The number of anilines is 1. The molecule has 0 aliphatic rings. The normalized spacial score (nSPS) is 12.0. The Balaban J connectivity index is 1.69. The zero-order valence-electron chi connectivity index (χ0n) is 17.9. The van der Waals surface area contributed by atoms with Gasteiger partial charge in [0.15, 0.2) is 6.10 Å². The first-order chi connectivity index (χ1) is 14.8. The van der Waals surface area contributed by atoms with Crippen molar-refractivity contribution in [1.82, 2.24) is 4.57 Å². The summed E-state index contributed by atoms with van der Waals surface area (Å²) in [5, 5.41) is 8.98. The maximum absolute atomic E-state index is 12.9. The van der Waals surface area contributed by atoms with Crippen LogP contribution in [0.25, 0.3) is 6.08 Å². The lowest BCUT2D eigenvalue weighted by molar-refractivity contribution is -0.144. The van der Waals surface area contributed by atoms with Gasteiger partial charge in [0.05, 0.1) is 5.69 Å². The van der Waals surface area contributed by atoms with E-state index in [4.69, 9.17) is 9.84 Å². The van der Waals surface area contributed by atoms with Gasteiger partial charge in [-0.3, -0.25) is 4.79 Å². The van der Waals surface area contributed by atoms with Crippen LogP contribution in [-0.2, 0) is 11.3 Å². The van der Waals surface area contributed by atoms with Crippen molar-refractivity contribution in [1.29, 1.82) is 0 Å². The molecule has 1 heterocycles. The summed E-state index contributed by atoms with van der Waals surface area (Å²) >= 11 is 0. The number of rotatable bonds is 9. The van der Waals surface area contributed by atoms with E-state index in [1.165, 1.54) is 6.92 Å². The molecule has 2 aromatic carbocycles. The second kappa shape index (κ2) is 9.80. The smallest absolute Gasteiger partial charge is 0.344 e. The number of ether oxygens (including phenoxy) is 1. The van der Waals surface area contributed by atoms with Crippen LogP contribution in [-0.4, -0.2) is 41.6 Å². The van der Waals surface area contributed by atoms with Gasteiger partial charge in [0.25, 0.3) is 0 Å². The van der Waals surface area contributed by atoms with Crippen molar-refractivity contribution < 1.29 is 19.4 Å². The lowest BCUT2D eigenvalue weighted by atomic mass is 10.1. The monoisotopic (exact) mass is 418 g/mol. The third kappa shape index (κ3) is 5.63. The fourth-order valence-corrected chi connectivity index (χ4v) is 3.09. The molecule has 0 saturated heterocycles. The SMILES string of the molecule is C[C@H](Oc1cccc(/C=C/Cn2cccc2C(=O)c2ccc(N(C)C)cc2)c1)C(=O)O. The van der Waals surface area contributed by atoms with E-state index >= 15 is 0 Å². The van der Waals surface area contributed by atoms with Gasteiger partial charge in [-0.2, -0.15) is 0 Å². The highest BCUT2D eigenvalue weighted by molar-refractivity contribution is 6.08. The molecule has 0 amide bonds. The minimum atomic E-state index is -1.01. The van der Waals surface area contributed by atoms with Crippen molar-refractivity contribution in [3.05, 3.63) is 89.8 Å². The summed E-state index contributed by atoms with van der Waals surface area (Å²) in [6, 6.07) is 18.4. The number of aliphatic carboxylic acids is 1. The van der Waals surface area contributed by atoms with Crippen molar-refractivity contribution in [2.45, 2.75) is 19.6 Å². The van der Waals surface area contributed by atoms with Crippen LogP contribution in [0.3, 0.4) is 0 Å². The van der Waals surface area contributed by atoms with Crippen LogP contribution in [0.1, 0.15) is 28.5 Å². The van der Waals surface area contributed by atoms with Crippen LogP contribution in [0, 0.1) is 0 Å². The summed E-state index contributed by atoms with van der Waals surface area (Å²) in [6.07, 6.45) is 4.82. The number of aromatic nitrogens is 1. The third-order valence-electron chi connectivity index (χ3n) is 4.84. The van der Waals surface area contributed by atoms with Crippen molar-refractivity contribution >= 4 is 23.5 Å². The lowest BCUT2D eigenvalue weighted by Crippen LogP contribution is -2.22. The summed E-state index contributed by atoms with van der Waals surface area (Å²) in [6.45, 7) is 2.02. The quantitative estimate of drug-likeness (QED) is 0.523. The number of carboxylic acid groups (broad SMARTS) is 1. The number of allylic oxidation sites excluding steroid dienone is 1. The Hall–Kier alpha value is -3.80. The molecular formula is C25H26N2O4. The van der Waals surface area contributed by atoms with Gasteiger partial charge in [0.2, 0.25) is 5.78 Å². The highest BCUT2D eigenvalue weighted by atomic mass is 16.5. The maximum Gasteiger partial charge on any atom is 0.344 e. The van der Waals surface area contributed by atoms with E-state index in [1.54, 1.807) is 12.1 Å². The van der Waals surface area contributed by atoms with Gasteiger partial charge in [-0.25, -0.2) is 4.79 Å². The first-order valence-electron chi connectivity index (χ1n) is 9.98. The van der Waals surface area contributed by atoms with Crippen LogP contribution in [0.5, 0.6) is 5.75 Å². The Morgan fingerprint density at radius 2 is 1.84 bits per heavy atom. The number of hydrogen-bond donors (Lipinski definition) is 1. The van der Waals surface area contributed by atoms with Crippen LogP contribution in [0.2, 0.25) is 0 Å². The number of nitrogens with zero attached hydrogens (tertiary/aromatic N) is 2. The van der Waals surface area contributed by atoms with E-state index in [2.05, 4.69) is 0 Å². The Morgan fingerprint density at radius 1 is 1.10 bits per heavy atom. The highest BCUT2D eigenvalue weighted by Gasteiger charge is 2.13. The summed E-state index contributed by atoms with van der Waals surface area (Å²) in [5.74, 6) is -0.543. The van der Waals surface area contributed by atoms with Crippen LogP contribution < -0.4 is 9.64 Å². The number of ketones is 1. The molecule has 0 saturated carbocycles. The van der Waals surface area contributed by atoms with E-state index in [1.807, 2.05) is 90.4 Å². The van der Waals surface area contributed by atoms with Gasteiger partial charge in [-0.1, -0.05) is 24.3 Å². The first kappa shape index (κ1) is 21.9. The van der Waals surface area contributed by atoms with Gasteiger partial charge in [-0.05, 0) is 61.0 Å². The number of carbonyl (C=O) groups is 2. The van der Waals surface area contributed by atoms with E-state index in [0.29, 0.717) is 23.6 Å². The Kier molecular flexibility index (Phi) is 6.92. The number of benzene rings is 2. The van der Waals surface area contributed by atoms with Crippen LogP contribution in [0.4, 0.5) is 5.69 Å². The minimum absolute atomic E-state index is 0.0261. The molecule has 6 heteroatoms. The molecule has 0 spiro atoms. The largest absolute Gasteiger partial charge is 0.479 e. The Morgan fingerprint density at radius 3 is 2.52 bits per heavy atom. The zero-order valence-corrected chi connectivity index (χ0v) is 17.9. The van der Waals surface area contributed by atoms with Crippen LogP contribution >= 0.6 is 0 Å². The first-order valence-corrected chi connectivity index (χ1v) is 9.98. The molecule has 1 N–H and O–H groups in total. The topological polar surface area (TPSA) is 71.8 Å². The molecule has 0 aliphatic carbocycles. The van der Waals surface area contributed by atoms with E-state index < -0.39 is 12.1 Å². The number of carbonyl (C=O) groups excluding carboxylic acids is 1. The van der Waals surface area contributed by atoms with Crippen molar-refractivity contribution in [2.24, 2.45) is 0 Å². The lowest BCUT2D eigenvalue weighted by Gasteiger charge is -2.12. The van der Waals surface area contributed by atoms with Gasteiger partial charge >= 0.3 is 5.97 Å². The molecule has 0 aliphatic heterocycles. The second-order valence-electron chi connectivity index (χ2n) is 7.39. The molecule has 6 nitrogen and oxygen atoms in total. The van der Waals surface area contributed by atoms with Crippen molar-refractivity contribution in [2.75, 3.05) is 19.0 Å². The average molecular weight is 418 g/mol. The molecule has 31 heavy (non-hydrogen) atoms. The predicted molar refractivity (Wildman–Crippen MR) is 122 cm³/mol. The molecule has 1 atom stereocenters. The molecule has 3 rings (SSSR count). The molecule has 0 fully saturated rings. The van der Waals surface area contributed by atoms with Crippen molar-refractivity contribution in [3.63, 3.8) is 0 Å². The fraction of sp³-hybridized carbons (Fsp3) is 0.200. The van der Waals surface area contributed by atoms with Crippen LogP contribution in [0.15, 0.2) is 72.9 Å². The minimum Gasteiger partial charge on any atom is -0.479 e. The summed E-state index contributed by atoms with van der Waals surface area (Å²) < 4.78 is 7.30. The second-order valence-corrected chi connectivity index (χ2v) is 7.39. The van der Waals surface area contributed by atoms with Gasteiger partial charge in [-0.15, -0.1) is 0 Å². The summed E-state index contributed by atoms with van der Waals surface area (Å²) in [7, 11) is 3.92. The number of carboxylic acids is 1. The fourth-order valence-electron chi connectivity index (χ4n) is 3.09. The standard InChI is InChI=1S/C25H26N2O4/c1-18(25(29)30)31-22-9-4-7-19(17-22)8-5-15-27-16-6-10-23(27)24(28)20-11-13-21(14-12-20)26(2)3/h4-14,16-18H,15H2,1-3H3,(H,29,30)/b8-5+/t18-/m0/s1. The molecule has 0 bridgehead atoms. The predicted octanol–water partition coefficient (Wildman–Crippen LogP) is 4.35. The molecular weight excluding hydrogens is 392 g/mol. The summed E-state index contributed by atoms with van der Waals surface area (Å²) in [4.78, 5) is 25.9. The van der Waals surface area contributed by atoms with Gasteiger partial charge in [0.1, 0.15) is 5.75 Å². The average Bonchev–Trinajstić information content (AvgIpc) is 3.22. The zero-order chi connectivity index (χ0) is 22.4. The molecule has 0 radical (unpaired) electrons. The molecule has 3 aromatic rings. The highest BCUT2D eigenvalue weighted by Crippen LogP contribution is 2.18. The summed E-state index contributed by atoms with van der Waals surface area (Å²) in [5.41, 5.74) is 3.19. The molecule has 160 valence electrons. The van der Waals surface area contributed by atoms with E-state index in [-0.39, 0.29) is 5.78 Å². The molecule has 1 aromatic heterocycles. The van der Waals surface area contributed by atoms with E-state index in [0.717, 1.165) is 11.3 Å². The van der Waals surface area contributed by atoms with Gasteiger partial charge in [0, 0.05) is 38.1 Å². The third-order valence-corrected chi connectivity index (χ3v) is 4.84. The maximum atomic E-state index is 12.9. The number of hydrogen-bond acceptors (Lipinski definition) is 4. The van der Waals surface area contributed by atoms with E-state index in [9.17, 15) is 9.59 Å². The Bertz CT molecular complexity index is 1080.